The van der Waals surface area contributed by atoms with E-state index in [0.717, 1.165) is 57.8 Å². The van der Waals surface area contributed by atoms with E-state index in [9.17, 15) is 4.79 Å². The van der Waals surface area contributed by atoms with Gasteiger partial charge in [0.1, 0.15) is 0 Å². The van der Waals surface area contributed by atoms with Crippen molar-refractivity contribution in [3.63, 3.8) is 0 Å². The fraction of sp³-hybridized carbons (Fsp3) is 0.933. The Hall–Kier alpha value is -0.0100. The third-order valence-corrected chi connectivity index (χ3v) is 4.71. The van der Waals surface area contributed by atoms with Gasteiger partial charge >= 0.3 is 0 Å². The Labute approximate surface area is 145 Å². The first kappa shape index (κ1) is 22.0. The summed E-state index contributed by atoms with van der Waals surface area (Å²) in [5.74, 6) is 1.07. The van der Waals surface area contributed by atoms with Crippen molar-refractivity contribution in [1.29, 1.82) is 0 Å². The van der Waals surface area contributed by atoms with E-state index in [0.29, 0.717) is 6.04 Å². The molecule has 1 aliphatic rings. The van der Waals surface area contributed by atoms with Crippen molar-refractivity contribution in [3.05, 3.63) is 0 Å². The maximum Gasteiger partial charge on any atom is 0.239 e. The first-order valence-electron chi connectivity index (χ1n) is 7.90. The molecular formula is C15H32ClN3O2S. The normalized spacial score (nSPS) is 20.5. The van der Waals surface area contributed by atoms with Gasteiger partial charge in [-0.3, -0.25) is 9.69 Å². The summed E-state index contributed by atoms with van der Waals surface area (Å²) in [6.45, 7) is 6.41. The molecule has 1 heterocycles. The predicted octanol–water partition coefficient (Wildman–Crippen LogP) is 1.45. The summed E-state index contributed by atoms with van der Waals surface area (Å²) < 4.78 is 5.18. The fourth-order valence-electron chi connectivity index (χ4n) is 2.81. The summed E-state index contributed by atoms with van der Waals surface area (Å²) in [5.41, 5.74) is 6.03. The Kier molecular flexibility index (Phi) is 12.4. The Morgan fingerprint density at radius 2 is 2.18 bits per heavy atom. The number of carbonyl (C=O) groups is 1. The van der Waals surface area contributed by atoms with E-state index in [4.69, 9.17) is 10.5 Å². The van der Waals surface area contributed by atoms with E-state index < -0.39 is 0 Å². The molecule has 2 N–H and O–H groups in total. The number of thioether (sulfide) groups is 1. The predicted molar refractivity (Wildman–Crippen MR) is 96.9 cm³/mol. The van der Waals surface area contributed by atoms with Crippen molar-refractivity contribution in [3.8, 4) is 0 Å². The lowest BCUT2D eigenvalue weighted by Crippen LogP contribution is -2.58. The number of hydrogen-bond acceptors (Lipinski definition) is 5. The number of carbonyl (C=O) groups excluding carboxylic acids is 1. The maximum absolute atomic E-state index is 12.4. The largest absolute Gasteiger partial charge is 0.383 e. The van der Waals surface area contributed by atoms with Crippen molar-refractivity contribution in [2.24, 2.45) is 5.73 Å². The summed E-state index contributed by atoms with van der Waals surface area (Å²) in [6.07, 6.45) is 5.06. The minimum atomic E-state index is -0.342. The molecular weight excluding hydrogens is 322 g/mol. The second-order valence-electron chi connectivity index (χ2n) is 5.64. The quantitative estimate of drug-likeness (QED) is 0.679. The van der Waals surface area contributed by atoms with Gasteiger partial charge in [0.15, 0.2) is 0 Å². The molecule has 7 heteroatoms. The topological polar surface area (TPSA) is 58.8 Å². The van der Waals surface area contributed by atoms with Crippen molar-refractivity contribution >= 4 is 30.1 Å². The summed E-state index contributed by atoms with van der Waals surface area (Å²) >= 11 is 1.74. The molecule has 0 aromatic rings. The second kappa shape index (κ2) is 12.4. The third-order valence-electron chi connectivity index (χ3n) is 4.07. The van der Waals surface area contributed by atoms with E-state index in [-0.39, 0.29) is 24.4 Å². The Morgan fingerprint density at radius 1 is 1.45 bits per heavy atom. The van der Waals surface area contributed by atoms with Gasteiger partial charge in [0.05, 0.1) is 12.6 Å². The van der Waals surface area contributed by atoms with Crippen molar-refractivity contribution in [2.45, 2.75) is 38.3 Å². The molecule has 0 aliphatic carbocycles. The number of nitrogens with zero attached hydrogens (tertiary/aromatic N) is 2. The number of ether oxygens (including phenoxy) is 1. The van der Waals surface area contributed by atoms with Crippen LogP contribution in [0.1, 0.15) is 26.2 Å². The minimum Gasteiger partial charge on any atom is -0.383 e. The SMILES string of the molecule is CCCC1CN(C(=O)C(N)CCSC)CCN1CCOC.Cl. The van der Waals surface area contributed by atoms with Gasteiger partial charge in [-0.25, -0.2) is 0 Å². The number of nitrogens with two attached hydrogens (primary N) is 1. The summed E-state index contributed by atoms with van der Waals surface area (Å²) in [4.78, 5) is 16.8. The first-order chi connectivity index (χ1) is 10.1. The van der Waals surface area contributed by atoms with Crippen LogP contribution in [-0.4, -0.2) is 79.7 Å². The van der Waals surface area contributed by atoms with Gasteiger partial charge in [-0.05, 0) is 24.9 Å². The molecule has 0 spiro atoms. The molecule has 0 aromatic carbocycles. The van der Waals surface area contributed by atoms with Gasteiger partial charge < -0.3 is 15.4 Å². The Morgan fingerprint density at radius 3 is 2.77 bits per heavy atom. The van der Waals surface area contributed by atoms with Crippen molar-refractivity contribution in [2.75, 3.05) is 51.9 Å². The highest BCUT2D eigenvalue weighted by Crippen LogP contribution is 2.16. The van der Waals surface area contributed by atoms with Gasteiger partial charge in [-0.2, -0.15) is 11.8 Å². The lowest BCUT2D eigenvalue weighted by Gasteiger charge is -2.42. The lowest BCUT2D eigenvalue weighted by molar-refractivity contribution is -0.135. The molecule has 1 rings (SSSR count). The number of methoxy groups -OCH3 is 1. The van der Waals surface area contributed by atoms with Gasteiger partial charge in [0.25, 0.3) is 0 Å². The van der Waals surface area contributed by atoms with Gasteiger partial charge in [-0.1, -0.05) is 13.3 Å². The van der Waals surface area contributed by atoms with Gasteiger partial charge in [0, 0.05) is 39.3 Å². The molecule has 2 atom stereocenters. The highest BCUT2D eigenvalue weighted by molar-refractivity contribution is 7.98. The zero-order chi connectivity index (χ0) is 15.7. The highest BCUT2D eigenvalue weighted by atomic mass is 35.5. The molecule has 2 unspecified atom stereocenters. The number of amides is 1. The molecule has 0 aromatic heterocycles. The van der Waals surface area contributed by atoms with Crippen LogP contribution in [0.4, 0.5) is 0 Å². The summed E-state index contributed by atoms with van der Waals surface area (Å²) in [5, 5.41) is 0. The molecule has 1 fully saturated rings. The third kappa shape index (κ3) is 7.04. The zero-order valence-electron chi connectivity index (χ0n) is 14.1. The van der Waals surface area contributed by atoms with Crippen molar-refractivity contribution in [1.82, 2.24) is 9.80 Å². The van der Waals surface area contributed by atoms with Gasteiger partial charge in [-0.15, -0.1) is 12.4 Å². The molecule has 0 radical (unpaired) electrons. The van der Waals surface area contributed by atoms with E-state index >= 15 is 0 Å². The van der Waals surface area contributed by atoms with Crippen LogP contribution in [0.25, 0.3) is 0 Å². The molecule has 22 heavy (non-hydrogen) atoms. The van der Waals surface area contributed by atoms with Crippen molar-refractivity contribution < 1.29 is 9.53 Å². The number of piperazine rings is 1. The van der Waals surface area contributed by atoms with Crippen LogP contribution in [0.15, 0.2) is 0 Å². The summed E-state index contributed by atoms with van der Waals surface area (Å²) in [6, 6.07) is 0.0980. The minimum absolute atomic E-state index is 0. The van der Waals surface area contributed by atoms with Crippen LogP contribution < -0.4 is 5.73 Å². The molecule has 132 valence electrons. The molecule has 0 bridgehead atoms. The fourth-order valence-corrected chi connectivity index (χ4v) is 3.30. The van der Waals surface area contributed by atoms with E-state index in [1.54, 1.807) is 18.9 Å². The standard InChI is InChI=1S/C15H31N3O2S.ClH/c1-4-5-13-12-18(8-7-17(13)9-10-20-2)15(19)14(16)6-11-21-3;/h13-14H,4-12,16H2,1-3H3;1H. The molecule has 0 saturated carbocycles. The molecule has 1 amide bonds. The van der Waals surface area contributed by atoms with Crippen LogP contribution in [0.5, 0.6) is 0 Å². The number of halogens is 1. The van der Waals surface area contributed by atoms with E-state index in [1.807, 2.05) is 11.2 Å². The van der Waals surface area contributed by atoms with Crippen LogP contribution in [-0.2, 0) is 9.53 Å². The molecule has 1 saturated heterocycles. The maximum atomic E-state index is 12.4. The molecule has 1 aliphatic heterocycles. The average molecular weight is 354 g/mol. The monoisotopic (exact) mass is 353 g/mol. The highest BCUT2D eigenvalue weighted by Gasteiger charge is 2.30. The lowest BCUT2D eigenvalue weighted by atomic mass is 10.1. The Balaban J connectivity index is 0.00000441. The first-order valence-corrected chi connectivity index (χ1v) is 9.29. The van der Waals surface area contributed by atoms with E-state index in [1.165, 1.54) is 0 Å². The van der Waals surface area contributed by atoms with Crippen LogP contribution in [0, 0.1) is 0 Å². The van der Waals surface area contributed by atoms with Crippen LogP contribution >= 0.6 is 24.2 Å². The average Bonchev–Trinajstić information content (AvgIpc) is 2.50. The molecule has 5 nitrogen and oxygen atoms in total. The van der Waals surface area contributed by atoms with Gasteiger partial charge in [0.2, 0.25) is 5.91 Å². The summed E-state index contributed by atoms with van der Waals surface area (Å²) in [7, 11) is 1.74. The second-order valence-corrected chi connectivity index (χ2v) is 6.63. The van der Waals surface area contributed by atoms with Crippen LogP contribution in [0.2, 0.25) is 0 Å². The number of hydrogen-bond donors (Lipinski definition) is 1. The van der Waals surface area contributed by atoms with Crippen LogP contribution in [0.3, 0.4) is 0 Å². The smallest absolute Gasteiger partial charge is 0.239 e. The number of rotatable bonds is 9. The van der Waals surface area contributed by atoms with E-state index in [2.05, 4.69) is 11.8 Å². The Bertz CT molecular complexity index is 311. The zero-order valence-corrected chi connectivity index (χ0v) is 15.8.